The molecular formula is C20H28ClN3O4. The van der Waals surface area contributed by atoms with Gasteiger partial charge in [-0.3, -0.25) is 9.59 Å². The van der Waals surface area contributed by atoms with Crippen LogP contribution >= 0.6 is 12.4 Å². The van der Waals surface area contributed by atoms with Crippen molar-refractivity contribution in [1.29, 1.82) is 0 Å². The molecule has 1 spiro atoms. The smallest absolute Gasteiger partial charge is 0.260 e. The first-order valence-corrected chi connectivity index (χ1v) is 9.77. The van der Waals surface area contributed by atoms with Gasteiger partial charge in [-0.1, -0.05) is 12.1 Å². The molecule has 1 aliphatic carbocycles. The molecule has 1 saturated carbocycles. The van der Waals surface area contributed by atoms with Crippen LogP contribution in [0.25, 0.3) is 0 Å². The number of hydrogen-bond acceptors (Lipinski definition) is 5. The number of nitrogens with zero attached hydrogens (tertiary/aromatic N) is 1. The van der Waals surface area contributed by atoms with Crippen LogP contribution < -0.4 is 15.4 Å². The molecule has 7 nitrogen and oxygen atoms in total. The Morgan fingerprint density at radius 2 is 1.93 bits per heavy atom. The van der Waals surface area contributed by atoms with Crippen LogP contribution in [0.4, 0.5) is 5.69 Å². The van der Waals surface area contributed by atoms with Crippen molar-refractivity contribution in [2.24, 2.45) is 11.3 Å². The first-order valence-electron chi connectivity index (χ1n) is 9.77. The number of morpholine rings is 1. The Balaban J connectivity index is 0.00000225. The topological polar surface area (TPSA) is 79.9 Å². The van der Waals surface area contributed by atoms with E-state index < -0.39 is 0 Å². The second-order valence-electron chi connectivity index (χ2n) is 7.64. The summed E-state index contributed by atoms with van der Waals surface area (Å²) in [4.78, 5) is 26.7. The molecule has 154 valence electrons. The van der Waals surface area contributed by atoms with Gasteiger partial charge >= 0.3 is 0 Å². The van der Waals surface area contributed by atoms with Gasteiger partial charge in [0.1, 0.15) is 5.75 Å². The highest BCUT2D eigenvalue weighted by molar-refractivity contribution is 5.96. The summed E-state index contributed by atoms with van der Waals surface area (Å²) in [5.74, 6) is 0.623. The zero-order chi connectivity index (χ0) is 18.7. The van der Waals surface area contributed by atoms with Gasteiger partial charge in [0.05, 0.1) is 18.9 Å². The lowest BCUT2D eigenvalue weighted by Crippen LogP contribution is -2.43. The van der Waals surface area contributed by atoms with Gasteiger partial charge in [-0.15, -0.1) is 12.4 Å². The van der Waals surface area contributed by atoms with Crippen molar-refractivity contribution in [3.8, 4) is 5.75 Å². The van der Waals surface area contributed by atoms with Gasteiger partial charge in [-0.25, -0.2) is 0 Å². The van der Waals surface area contributed by atoms with E-state index in [1.54, 1.807) is 11.0 Å². The molecule has 2 amide bonds. The maximum Gasteiger partial charge on any atom is 0.260 e. The first kappa shape index (κ1) is 20.9. The van der Waals surface area contributed by atoms with Crippen LogP contribution in [-0.2, 0) is 14.3 Å². The molecule has 2 aliphatic heterocycles. The number of piperidine rings is 1. The van der Waals surface area contributed by atoms with Gasteiger partial charge in [0, 0.05) is 19.0 Å². The van der Waals surface area contributed by atoms with Gasteiger partial charge in [-0.2, -0.15) is 0 Å². The molecule has 0 bridgehead atoms. The summed E-state index contributed by atoms with van der Waals surface area (Å²) in [6.07, 6.45) is 3.10. The van der Waals surface area contributed by atoms with Crippen molar-refractivity contribution in [1.82, 2.24) is 10.2 Å². The van der Waals surface area contributed by atoms with Crippen molar-refractivity contribution in [3.63, 3.8) is 0 Å². The quantitative estimate of drug-likeness (QED) is 0.773. The summed E-state index contributed by atoms with van der Waals surface area (Å²) in [5.41, 5.74) is 0.825. The third kappa shape index (κ3) is 4.59. The molecule has 1 aromatic rings. The molecule has 1 unspecified atom stereocenters. The predicted molar refractivity (Wildman–Crippen MR) is 108 cm³/mol. The lowest BCUT2D eigenvalue weighted by molar-refractivity contribution is -0.137. The molecule has 2 saturated heterocycles. The fourth-order valence-electron chi connectivity index (χ4n) is 4.15. The standard InChI is InChI=1S/C20H27N3O4.ClH/c24-18(23-9-11-26-12-10-23)14-27-17-4-2-1-3-16(17)22-19(25)15-13-20(15)5-7-21-8-6-20;/h1-4,15,21H,5-14H2,(H,22,25);1H. The summed E-state index contributed by atoms with van der Waals surface area (Å²) in [5, 5.41) is 6.38. The number of carbonyl (C=O) groups is 2. The Morgan fingerprint density at radius 3 is 2.68 bits per heavy atom. The van der Waals surface area contributed by atoms with Crippen molar-refractivity contribution in [3.05, 3.63) is 24.3 Å². The van der Waals surface area contributed by atoms with Gasteiger partial charge in [0.15, 0.2) is 6.61 Å². The molecule has 1 aromatic carbocycles. The van der Waals surface area contributed by atoms with Crippen molar-refractivity contribution in [2.75, 3.05) is 51.3 Å². The van der Waals surface area contributed by atoms with Crippen LogP contribution in [0.15, 0.2) is 24.3 Å². The zero-order valence-corrected chi connectivity index (χ0v) is 16.8. The SMILES string of the molecule is Cl.O=C(Nc1ccccc1OCC(=O)N1CCOCC1)C1CC12CCNCC2. The van der Waals surface area contributed by atoms with E-state index in [4.69, 9.17) is 9.47 Å². The maximum absolute atomic E-state index is 12.7. The van der Waals surface area contributed by atoms with Gasteiger partial charge in [0.25, 0.3) is 5.91 Å². The summed E-state index contributed by atoms with van der Waals surface area (Å²) in [6.45, 7) is 4.28. The Bertz CT molecular complexity index is 702. The van der Waals surface area contributed by atoms with Crippen molar-refractivity contribution in [2.45, 2.75) is 19.3 Å². The second-order valence-corrected chi connectivity index (χ2v) is 7.64. The van der Waals surface area contributed by atoms with Crippen LogP contribution in [0.2, 0.25) is 0 Å². The summed E-state index contributed by atoms with van der Waals surface area (Å²) >= 11 is 0. The van der Waals surface area contributed by atoms with E-state index in [0.29, 0.717) is 37.7 Å². The highest BCUT2D eigenvalue weighted by Crippen LogP contribution is 2.58. The molecular weight excluding hydrogens is 382 g/mol. The minimum absolute atomic E-state index is 0. The number of carbonyl (C=O) groups excluding carboxylic acids is 2. The second kappa shape index (κ2) is 9.11. The van der Waals surface area contributed by atoms with Crippen molar-refractivity contribution < 1.29 is 19.1 Å². The molecule has 2 heterocycles. The monoisotopic (exact) mass is 409 g/mol. The lowest BCUT2D eigenvalue weighted by atomic mass is 9.92. The van der Waals surface area contributed by atoms with E-state index in [1.807, 2.05) is 18.2 Å². The normalized spacial score (nSPS) is 22.9. The van der Waals surface area contributed by atoms with E-state index in [0.717, 1.165) is 32.4 Å². The minimum atomic E-state index is -0.0599. The molecule has 8 heteroatoms. The third-order valence-corrected chi connectivity index (χ3v) is 5.97. The van der Waals surface area contributed by atoms with Crippen LogP contribution in [0, 0.1) is 11.3 Å². The summed E-state index contributed by atoms with van der Waals surface area (Å²) < 4.78 is 11.0. The summed E-state index contributed by atoms with van der Waals surface area (Å²) in [6, 6.07) is 7.31. The molecule has 3 fully saturated rings. The molecule has 1 atom stereocenters. The van der Waals surface area contributed by atoms with E-state index in [1.165, 1.54) is 0 Å². The average Bonchev–Trinajstić information content (AvgIpc) is 3.41. The lowest BCUT2D eigenvalue weighted by Gasteiger charge is -2.26. The molecule has 2 N–H and O–H groups in total. The number of ether oxygens (including phenoxy) is 2. The predicted octanol–water partition coefficient (Wildman–Crippen LogP) is 1.67. The largest absolute Gasteiger partial charge is 0.482 e. The number of rotatable bonds is 5. The average molecular weight is 410 g/mol. The van der Waals surface area contributed by atoms with Crippen molar-refractivity contribution >= 4 is 29.9 Å². The van der Waals surface area contributed by atoms with Gasteiger partial charge in [-0.05, 0) is 49.9 Å². The van der Waals surface area contributed by atoms with E-state index >= 15 is 0 Å². The molecule has 3 aliphatic rings. The molecule has 0 aromatic heterocycles. The van der Waals surface area contributed by atoms with E-state index in [2.05, 4.69) is 10.6 Å². The molecule has 28 heavy (non-hydrogen) atoms. The Hall–Kier alpha value is -1.83. The van der Waals surface area contributed by atoms with Crippen LogP contribution in [-0.4, -0.2) is 62.7 Å². The maximum atomic E-state index is 12.7. The number of halogens is 1. The minimum Gasteiger partial charge on any atom is -0.482 e. The Kier molecular flexibility index (Phi) is 6.80. The number of anilines is 1. The van der Waals surface area contributed by atoms with Gasteiger partial charge < -0.3 is 25.0 Å². The highest BCUT2D eigenvalue weighted by Gasteiger charge is 2.57. The fourth-order valence-corrected chi connectivity index (χ4v) is 4.15. The fraction of sp³-hybridized carbons (Fsp3) is 0.600. The molecule has 0 radical (unpaired) electrons. The number of benzene rings is 1. The number of nitrogens with one attached hydrogen (secondary N) is 2. The number of hydrogen-bond donors (Lipinski definition) is 2. The van der Waals surface area contributed by atoms with E-state index in [-0.39, 0.29) is 42.2 Å². The van der Waals surface area contributed by atoms with Crippen LogP contribution in [0.1, 0.15) is 19.3 Å². The van der Waals surface area contributed by atoms with E-state index in [9.17, 15) is 9.59 Å². The Morgan fingerprint density at radius 1 is 1.21 bits per heavy atom. The summed E-state index contributed by atoms with van der Waals surface area (Å²) in [7, 11) is 0. The zero-order valence-electron chi connectivity index (χ0n) is 15.9. The van der Waals surface area contributed by atoms with Gasteiger partial charge in [0.2, 0.25) is 5.91 Å². The third-order valence-electron chi connectivity index (χ3n) is 5.97. The molecule has 4 rings (SSSR count). The number of para-hydroxylation sites is 2. The first-order chi connectivity index (χ1) is 13.2. The number of amides is 2. The van der Waals surface area contributed by atoms with Crippen LogP contribution in [0.3, 0.4) is 0 Å². The van der Waals surface area contributed by atoms with Crippen LogP contribution in [0.5, 0.6) is 5.75 Å². The highest BCUT2D eigenvalue weighted by atomic mass is 35.5. The Labute approximate surface area is 171 Å².